The molecule has 0 unspecified atom stereocenters. The van der Waals surface area contributed by atoms with Gasteiger partial charge in [-0.2, -0.15) is 0 Å². The van der Waals surface area contributed by atoms with E-state index in [0.29, 0.717) is 22.8 Å². The fraction of sp³-hybridized carbons (Fsp3) is 0.429. The Morgan fingerprint density at radius 3 is 2.55 bits per heavy atom. The SMILES string of the molecule is C=C(C)CNc1sc(C(=O)CC)c(N)c1C(=O)OCC. The van der Waals surface area contributed by atoms with Gasteiger partial charge in [-0.25, -0.2) is 4.79 Å². The molecule has 0 aliphatic carbocycles. The van der Waals surface area contributed by atoms with E-state index in [-0.39, 0.29) is 23.6 Å². The van der Waals surface area contributed by atoms with Crippen LogP contribution < -0.4 is 11.1 Å². The summed E-state index contributed by atoms with van der Waals surface area (Å²) in [5.74, 6) is -0.595. The Bertz CT molecular complexity index is 535. The average Bonchev–Trinajstić information content (AvgIpc) is 2.72. The van der Waals surface area contributed by atoms with Crippen LogP contribution in [0.15, 0.2) is 12.2 Å². The number of hydrogen-bond donors (Lipinski definition) is 2. The van der Waals surface area contributed by atoms with E-state index >= 15 is 0 Å². The maximum Gasteiger partial charge on any atom is 0.343 e. The van der Waals surface area contributed by atoms with E-state index in [0.717, 1.165) is 5.57 Å². The highest BCUT2D eigenvalue weighted by molar-refractivity contribution is 7.19. The molecule has 0 saturated heterocycles. The van der Waals surface area contributed by atoms with E-state index < -0.39 is 5.97 Å². The van der Waals surface area contributed by atoms with E-state index in [1.165, 1.54) is 11.3 Å². The van der Waals surface area contributed by atoms with Crippen LogP contribution in [0.4, 0.5) is 10.7 Å². The smallest absolute Gasteiger partial charge is 0.343 e. The number of anilines is 2. The lowest BCUT2D eigenvalue weighted by Crippen LogP contribution is -2.11. The van der Waals surface area contributed by atoms with Crippen LogP contribution in [-0.4, -0.2) is 24.9 Å². The summed E-state index contributed by atoms with van der Waals surface area (Å²) in [5.41, 5.74) is 7.30. The average molecular weight is 296 g/mol. The molecule has 0 aliphatic rings. The van der Waals surface area contributed by atoms with Crippen LogP contribution in [0.3, 0.4) is 0 Å². The van der Waals surface area contributed by atoms with Gasteiger partial charge in [0.15, 0.2) is 5.78 Å². The van der Waals surface area contributed by atoms with Gasteiger partial charge in [-0.05, 0) is 13.8 Å². The molecule has 110 valence electrons. The number of nitrogen functional groups attached to an aromatic ring is 1. The van der Waals surface area contributed by atoms with Gasteiger partial charge in [0.25, 0.3) is 0 Å². The van der Waals surface area contributed by atoms with Crippen molar-refractivity contribution in [3.8, 4) is 0 Å². The normalized spacial score (nSPS) is 10.2. The monoisotopic (exact) mass is 296 g/mol. The number of hydrogen-bond acceptors (Lipinski definition) is 6. The maximum absolute atomic E-state index is 12.0. The number of ether oxygens (including phenoxy) is 1. The molecule has 1 heterocycles. The van der Waals surface area contributed by atoms with Gasteiger partial charge in [-0.3, -0.25) is 4.79 Å². The topological polar surface area (TPSA) is 81.4 Å². The Morgan fingerprint density at radius 2 is 2.05 bits per heavy atom. The Kier molecular flexibility index (Phi) is 5.76. The summed E-state index contributed by atoms with van der Waals surface area (Å²) < 4.78 is 5.00. The second kappa shape index (κ2) is 7.09. The Labute approximate surface area is 122 Å². The third kappa shape index (κ3) is 3.60. The standard InChI is InChI=1S/C14H20N2O3S/c1-5-9(17)12-11(15)10(14(18)19-6-2)13(20-12)16-7-8(3)4/h16H,3,5-7,15H2,1-2,4H3. The third-order valence-corrected chi connectivity index (χ3v) is 3.75. The minimum Gasteiger partial charge on any atom is -0.462 e. The highest BCUT2D eigenvalue weighted by Gasteiger charge is 2.25. The van der Waals surface area contributed by atoms with Crippen LogP contribution in [0, 0.1) is 0 Å². The molecule has 0 bridgehead atoms. The van der Waals surface area contributed by atoms with Gasteiger partial charge < -0.3 is 15.8 Å². The summed E-state index contributed by atoms with van der Waals surface area (Å²) in [6.45, 7) is 9.90. The summed E-state index contributed by atoms with van der Waals surface area (Å²) in [7, 11) is 0. The van der Waals surface area contributed by atoms with Crippen molar-refractivity contribution in [3.05, 3.63) is 22.6 Å². The number of nitrogens with one attached hydrogen (secondary N) is 1. The predicted octanol–water partition coefficient (Wildman–Crippen LogP) is 3.09. The molecule has 0 aromatic carbocycles. The van der Waals surface area contributed by atoms with Gasteiger partial charge in [-0.15, -0.1) is 11.3 Å². The Balaban J connectivity index is 3.21. The molecule has 0 saturated carbocycles. The van der Waals surface area contributed by atoms with Crippen LogP contribution in [0.25, 0.3) is 0 Å². The Morgan fingerprint density at radius 1 is 1.40 bits per heavy atom. The molecule has 5 nitrogen and oxygen atoms in total. The second-order valence-electron chi connectivity index (χ2n) is 4.36. The maximum atomic E-state index is 12.0. The zero-order valence-electron chi connectivity index (χ0n) is 12.0. The highest BCUT2D eigenvalue weighted by Crippen LogP contribution is 2.37. The van der Waals surface area contributed by atoms with Crippen molar-refractivity contribution in [1.82, 2.24) is 0 Å². The molecule has 1 aromatic rings. The van der Waals surface area contributed by atoms with Gasteiger partial charge in [0.2, 0.25) is 0 Å². The first-order valence-corrected chi connectivity index (χ1v) is 7.24. The van der Waals surface area contributed by atoms with E-state index in [4.69, 9.17) is 10.5 Å². The first kappa shape index (κ1) is 16.2. The lowest BCUT2D eigenvalue weighted by Gasteiger charge is -2.07. The molecule has 1 rings (SSSR count). The Hall–Kier alpha value is -1.82. The lowest BCUT2D eigenvalue weighted by atomic mass is 10.1. The van der Waals surface area contributed by atoms with Gasteiger partial charge in [0, 0.05) is 13.0 Å². The van der Waals surface area contributed by atoms with E-state index in [1.807, 2.05) is 6.92 Å². The third-order valence-electron chi connectivity index (χ3n) is 2.55. The number of rotatable bonds is 7. The van der Waals surface area contributed by atoms with Crippen molar-refractivity contribution < 1.29 is 14.3 Å². The summed E-state index contributed by atoms with van der Waals surface area (Å²) >= 11 is 1.19. The number of thiophene rings is 1. The van der Waals surface area contributed by atoms with Gasteiger partial charge in [0.05, 0.1) is 17.2 Å². The van der Waals surface area contributed by atoms with Gasteiger partial charge >= 0.3 is 5.97 Å². The quantitative estimate of drug-likeness (QED) is 0.459. The van der Waals surface area contributed by atoms with Crippen LogP contribution >= 0.6 is 11.3 Å². The van der Waals surface area contributed by atoms with Gasteiger partial charge in [-0.1, -0.05) is 19.1 Å². The van der Waals surface area contributed by atoms with Crippen molar-refractivity contribution in [2.75, 3.05) is 24.2 Å². The minimum absolute atomic E-state index is 0.0820. The summed E-state index contributed by atoms with van der Waals surface area (Å²) in [5, 5.41) is 3.63. The summed E-state index contributed by atoms with van der Waals surface area (Å²) in [4.78, 5) is 24.2. The molecule has 0 fully saturated rings. The molecule has 0 radical (unpaired) electrons. The van der Waals surface area contributed by atoms with Crippen molar-refractivity contribution in [2.24, 2.45) is 0 Å². The molecule has 6 heteroatoms. The van der Waals surface area contributed by atoms with Crippen molar-refractivity contribution in [2.45, 2.75) is 27.2 Å². The lowest BCUT2D eigenvalue weighted by molar-refractivity contribution is 0.0529. The molecule has 0 aliphatic heterocycles. The number of carbonyl (C=O) groups is 2. The molecule has 1 aromatic heterocycles. The number of Topliss-reactive ketones (excluding diaryl/α,β-unsaturated/α-hetero) is 1. The second-order valence-corrected chi connectivity index (χ2v) is 5.38. The van der Waals surface area contributed by atoms with Crippen molar-refractivity contribution in [1.29, 1.82) is 0 Å². The fourth-order valence-electron chi connectivity index (χ4n) is 1.57. The van der Waals surface area contributed by atoms with Crippen LogP contribution in [0.1, 0.15) is 47.2 Å². The van der Waals surface area contributed by atoms with Crippen molar-refractivity contribution in [3.63, 3.8) is 0 Å². The number of nitrogens with two attached hydrogens (primary N) is 1. The van der Waals surface area contributed by atoms with Crippen molar-refractivity contribution >= 4 is 33.8 Å². The first-order chi connectivity index (χ1) is 9.42. The zero-order valence-corrected chi connectivity index (χ0v) is 12.9. The molecule has 20 heavy (non-hydrogen) atoms. The number of esters is 1. The van der Waals surface area contributed by atoms with E-state index in [1.54, 1.807) is 13.8 Å². The van der Waals surface area contributed by atoms with E-state index in [2.05, 4.69) is 11.9 Å². The van der Waals surface area contributed by atoms with Crippen LogP contribution in [-0.2, 0) is 4.74 Å². The summed E-state index contributed by atoms with van der Waals surface area (Å²) in [6.07, 6.45) is 0.340. The number of carbonyl (C=O) groups excluding carboxylic acids is 2. The summed E-state index contributed by atoms with van der Waals surface area (Å²) in [6, 6.07) is 0. The fourth-order valence-corrected chi connectivity index (χ4v) is 2.69. The molecular weight excluding hydrogens is 276 g/mol. The van der Waals surface area contributed by atoms with Gasteiger partial charge in [0.1, 0.15) is 10.6 Å². The molecule has 0 atom stereocenters. The highest BCUT2D eigenvalue weighted by atomic mass is 32.1. The van der Waals surface area contributed by atoms with Crippen LogP contribution in [0.2, 0.25) is 0 Å². The molecule has 0 amide bonds. The number of ketones is 1. The first-order valence-electron chi connectivity index (χ1n) is 6.43. The molecule has 0 spiro atoms. The van der Waals surface area contributed by atoms with E-state index in [9.17, 15) is 9.59 Å². The molecular formula is C14H20N2O3S. The largest absolute Gasteiger partial charge is 0.462 e. The predicted molar refractivity (Wildman–Crippen MR) is 82.6 cm³/mol. The van der Waals surface area contributed by atoms with Crippen LogP contribution in [0.5, 0.6) is 0 Å². The molecule has 3 N–H and O–H groups in total. The zero-order chi connectivity index (χ0) is 15.3. The minimum atomic E-state index is -0.513.